The van der Waals surface area contributed by atoms with Gasteiger partial charge in [0.1, 0.15) is 12.7 Å². The van der Waals surface area contributed by atoms with Crippen molar-refractivity contribution in [3.05, 3.63) is 35.5 Å². The number of nitrogens with zero attached hydrogens (tertiary/aromatic N) is 5. The Bertz CT molecular complexity index is 1030. The highest BCUT2D eigenvalue weighted by atomic mass is 19.2. The number of benzene rings is 1. The van der Waals surface area contributed by atoms with E-state index in [-0.39, 0.29) is 19.5 Å². The van der Waals surface area contributed by atoms with Gasteiger partial charge in [-0.05, 0) is 19.3 Å². The van der Waals surface area contributed by atoms with Crippen LogP contribution in [0.4, 0.5) is 19.1 Å². The highest BCUT2D eigenvalue weighted by molar-refractivity contribution is 5.79. The second-order valence-corrected chi connectivity index (χ2v) is 7.48. The van der Waals surface area contributed by atoms with Crippen molar-refractivity contribution < 1.29 is 17.6 Å². The van der Waals surface area contributed by atoms with E-state index in [0.717, 1.165) is 25.0 Å². The minimum atomic E-state index is -1.08. The van der Waals surface area contributed by atoms with Crippen LogP contribution in [-0.2, 0) is 6.54 Å². The molecule has 3 aromatic rings. The number of rotatable bonds is 4. The molecule has 1 aliphatic carbocycles. The molecule has 3 heterocycles. The first-order valence-electron chi connectivity index (χ1n) is 9.31. The Morgan fingerprint density at radius 2 is 1.93 bits per heavy atom. The van der Waals surface area contributed by atoms with Crippen molar-refractivity contribution in [2.75, 3.05) is 18.0 Å². The quantitative estimate of drug-likeness (QED) is 0.734. The van der Waals surface area contributed by atoms with E-state index >= 15 is 0 Å². The molecule has 1 saturated carbocycles. The van der Waals surface area contributed by atoms with Crippen LogP contribution in [0, 0.1) is 11.6 Å². The number of imidazole rings is 1. The second-order valence-electron chi connectivity index (χ2n) is 7.48. The van der Waals surface area contributed by atoms with Crippen LogP contribution >= 0.6 is 0 Å². The largest absolute Gasteiger partial charge is 0.423 e. The molecule has 0 radical (unpaired) electrons. The molecular weight excluding hydrogens is 373 g/mol. The Morgan fingerprint density at radius 3 is 2.68 bits per heavy atom. The van der Waals surface area contributed by atoms with Crippen molar-refractivity contribution in [3.63, 3.8) is 0 Å². The van der Waals surface area contributed by atoms with E-state index in [0.29, 0.717) is 41.2 Å². The van der Waals surface area contributed by atoms with Gasteiger partial charge in [0.05, 0.1) is 17.1 Å². The molecule has 2 unspecified atom stereocenters. The lowest BCUT2D eigenvalue weighted by Gasteiger charge is -2.33. The average molecular weight is 392 g/mol. The van der Waals surface area contributed by atoms with Crippen LogP contribution in [0.15, 0.2) is 16.5 Å². The number of piperidine rings is 1. The SMILES string of the molecule is NC1CN(c2nc3cc(F)c(F)cc3n2Cc2nnc(C3CC3)o2)CCC1F. The van der Waals surface area contributed by atoms with Gasteiger partial charge in [0.2, 0.25) is 17.7 Å². The molecule has 1 aliphatic heterocycles. The first kappa shape index (κ1) is 17.5. The van der Waals surface area contributed by atoms with E-state index in [2.05, 4.69) is 15.2 Å². The maximum atomic E-state index is 13.9. The van der Waals surface area contributed by atoms with Gasteiger partial charge in [-0.15, -0.1) is 10.2 Å². The molecule has 2 fully saturated rings. The van der Waals surface area contributed by atoms with E-state index in [9.17, 15) is 13.2 Å². The molecule has 1 aromatic carbocycles. The second kappa shape index (κ2) is 6.47. The van der Waals surface area contributed by atoms with Gasteiger partial charge in [0.25, 0.3) is 0 Å². The van der Waals surface area contributed by atoms with Crippen LogP contribution in [-0.4, -0.2) is 45.1 Å². The first-order chi connectivity index (χ1) is 13.5. The topological polar surface area (TPSA) is 86.0 Å². The summed E-state index contributed by atoms with van der Waals surface area (Å²) >= 11 is 0. The lowest BCUT2D eigenvalue weighted by atomic mass is 10.1. The Kier molecular flexibility index (Phi) is 4.04. The number of alkyl halides is 1. The van der Waals surface area contributed by atoms with Crippen molar-refractivity contribution >= 4 is 17.0 Å². The molecule has 28 heavy (non-hydrogen) atoms. The van der Waals surface area contributed by atoms with Crippen LogP contribution < -0.4 is 10.6 Å². The summed E-state index contributed by atoms with van der Waals surface area (Å²) in [5.41, 5.74) is 6.58. The molecule has 5 rings (SSSR count). The van der Waals surface area contributed by atoms with Crippen molar-refractivity contribution in [2.45, 2.75) is 43.9 Å². The molecule has 148 valence electrons. The zero-order chi connectivity index (χ0) is 19.4. The molecule has 0 spiro atoms. The van der Waals surface area contributed by atoms with Gasteiger partial charge in [-0.1, -0.05) is 0 Å². The fourth-order valence-corrected chi connectivity index (χ4v) is 3.60. The zero-order valence-electron chi connectivity index (χ0n) is 15.0. The third-order valence-electron chi connectivity index (χ3n) is 5.33. The predicted molar refractivity (Wildman–Crippen MR) is 94.7 cm³/mol. The maximum absolute atomic E-state index is 13.9. The fraction of sp³-hybridized carbons (Fsp3) is 0.500. The highest BCUT2D eigenvalue weighted by Gasteiger charge is 2.31. The lowest BCUT2D eigenvalue weighted by molar-refractivity contribution is 0.243. The van der Waals surface area contributed by atoms with E-state index in [1.807, 2.05) is 4.90 Å². The normalized spacial score (nSPS) is 22.9. The number of hydrogen-bond acceptors (Lipinski definition) is 6. The van der Waals surface area contributed by atoms with Gasteiger partial charge >= 0.3 is 0 Å². The maximum Gasteiger partial charge on any atom is 0.236 e. The summed E-state index contributed by atoms with van der Waals surface area (Å²) in [6.45, 7) is 0.814. The number of hydrogen-bond donors (Lipinski definition) is 1. The molecule has 2 N–H and O–H groups in total. The molecule has 10 heteroatoms. The predicted octanol–water partition coefficient (Wildman–Crippen LogP) is 2.50. The average Bonchev–Trinajstić information content (AvgIpc) is 3.33. The Labute approximate surface area is 158 Å². The van der Waals surface area contributed by atoms with Gasteiger partial charge in [0, 0.05) is 31.1 Å². The van der Waals surface area contributed by atoms with Gasteiger partial charge in [-0.3, -0.25) is 0 Å². The van der Waals surface area contributed by atoms with Crippen LogP contribution in [0.5, 0.6) is 0 Å². The molecule has 2 aliphatic rings. The minimum Gasteiger partial charge on any atom is -0.423 e. The fourth-order valence-electron chi connectivity index (χ4n) is 3.60. The van der Waals surface area contributed by atoms with Crippen molar-refractivity contribution in [3.8, 4) is 0 Å². The van der Waals surface area contributed by atoms with Crippen LogP contribution in [0.3, 0.4) is 0 Å². The van der Waals surface area contributed by atoms with Crippen LogP contribution in [0.25, 0.3) is 11.0 Å². The molecule has 0 amide bonds. The van der Waals surface area contributed by atoms with Crippen molar-refractivity contribution in [1.82, 2.24) is 19.7 Å². The molecule has 2 atom stereocenters. The minimum absolute atomic E-state index is 0.154. The third kappa shape index (κ3) is 3.01. The molecular formula is C18H19F3N6O. The molecule has 7 nitrogen and oxygen atoms in total. The summed E-state index contributed by atoms with van der Waals surface area (Å²) in [5, 5.41) is 8.14. The van der Waals surface area contributed by atoms with Crippen molar-refractivity contribution in [1.29, 1.82) is 0 Å². The number of aromatic nitrogens is 4. The summed E-state index contributed by atoms with van der Waals surface area (Å²) in [5.74, 6) is -0.225. The number of halogens is 3. The van der Waals surface area contributed by atoms with E-state index < -0.39 is 23.8 Å². The summed E-state index contributed by atoms with van der Waals surface area (Å²) in [6, 6.07) is 1.50. The van der Waals surface area contributed by atoms with E-state index in [1.54, 1.807) is 4.57 Å². The van der Waals surface area contributed by atoms with E-state index in [4.69, 9.17) is 10.2 Å². The van der Waals surface area contributed by atoms with E-state index in [1.165, 1.54) is 0 Å². The smallest absolute Gasteiger partial charge is 0.236 e. The summed E-state index contributed by atoms with van der Waals surface area (Å²) in [6.07, 6.45) is 1.24. The standard InChI is InChI=1S/C18H19F3N6O/c19-10-3-4-26(7-13(10)22)18-23-14-5-11(20)12(21)6-15(14)27(18)8-16-24-25-17(28-16)9-1-2-9/h5-6,9-10,13H,1-4,7-8,22H2. The Morgan fingerprint density at radius 1 is 1.14 bits per heavy atom. The third-order valence-corrected chi connectivity index (χ3v) is 5.33. The summed E-state index contributed by atoms with van der Waals surface area (Å²) in [4.78, 5) is 6.29. The molecule has 0 bridgehead atoms. The van der Waals surface area contributed by atoms with Gasteiger partial charge < -0.3 is 19.6 Å². The Balaban J connectivity index is 1.56. The van der Waals surface area contributed by atoms with Gasteiger partial charge in [-0.2, -0.15) is 0 Å². The van der Waals surface area contributed by atoms with Gasteiger partial charge in [0.15, 0.2) is 11.6 Å². The highest BCUT2D eigenvalue weighted by Crippen LogP contribution is 2.39. The van der Waals surface area contributed by atoms with Gasteiger partial charge in [-0.25, -0.2) is 18.2 Å². The molecule has 2 aromatic heterocycles. The van der Waals surface area contributed by atoms with Crippen LogP contribution in [0.2, 0.25) is 0 Å². The van der Waals surface area contributed by atoms with Crippen LogP contribution in [0.1, 0.15) is 37.0 Å². The summed E-state index contributed by atoms with van der Waals surface area (Å²) < 4.78 is 48.8. The zero-order valence-corrected chi connectivity index (χ0v) is 15.0. The Hall–Kier alpha value is -2.62. The number of anilines is 1. The van der Waals surface area contributed by atoms with Crippen molar-refractivity contribution in [2.24, 2.45) is 5.73 Å². The first-order valence-corrected chi connectivity index (χ1v) is 9.31. The number of fused-ring (bicyclic) bond motifs is 1. The molecule has 1 saturated heterocycles. The lowest BCUT2D eigenvalue weighted by Crippen LogP contribution is -2.50. The monoisotopic (exact) mass is 392 g/mol. The number of nitrogens with two attached hydrogens (primary N) is 1. The summed E-state index contributed by atoms with van der Waals surface area (Å²) in [7, 11) is 0.